The Hall–Kier alpha value is -2.10. The van der Waals surface area contributed by atoms with Crippen molar-refractivity contribution in [2.45, 2.75) is 6.18 Å². The lowest BCUT2D eigenvalue weighted by atomic mass is 10.2. The fraction of sp³-hybridized carbons (Fsp3) is 0.0909. The van der Waals surface area contributed by atoms with E-state index in [1.54, 1.807) is 0 Å². The molecule has 0 radical (unpaired) electrons. The minimum absolute atomic E-state index is 0.0574. The van der Waals surface area contributed by atoms with Gasteiger partial charge < -0.3 is 10.9 Å². The Bertz CT molecular complexity index is 711. The van der Waals surface area contributed by atoms with E-state index in [-0.39, 0.29) is 21.6 Å². The Morgan fingerprint density at radius 3 is 2.57 bits per heavy atom. The number of benzene rings is 1. The molecular weight excluding hydrogens is 360 g/mol. The van der Waals surface area contributed by atoms with Gasteiger partial charge in [0, 0.05) is 11.8 Å². The van der Waals surface area contributed by atoms with Gasteiger partial charge in [-0.2, -0.15) is 18.3 Å². The summed E-state index contributed by atoms with van der Waals surface area (Å²) >= 11 is 2.91. The highest BCUT2D eigenvalue weighted by atomic mass is 79.9. The van der Waals surface area contributed by atoms with Crippen LogP contribution in [0.15, 0.2) is 34.2 Å². The largest absolute Gasteiger partial charge is 0.419 e. The second-order valence-corrected chi connectivity index (χ2v) is 4.71. The number of aromatic nitrogens is 2. The van der Waals surface area contributed by atoms with Crippen LogP contribution in [0.1, 0.15) is 11.1 Å². The van der Waals surface area contributed by atoms with Crippen LogP contribution in [0.25, 0.3) is 5.69 Å². The number of alkyl halides is 3. The molecule has 0 aliphatic rings. The van der Waals surface area contributed by atoms with Crippen molar-refractivity contribution < 1.29 is 22.8 Å². The van der Waals surface area contributed by atoms with Gasteiger partial charge in [0.2, 0.25) is 0 Å². The van der Waals surface area contributed by atoms with Gasteiger partial charge in [-0.3, -0.25) is 0 Å². The van der Waals surface area contributed by atoms with Gasteiger partial charge in [0.1, 0.15) is 5.69 Å². The SMILES string of the molecule is N/C(=N/O)c1ccc(-n2cc(C(F)(F)F)cn2)c(F)c1Br. The molecule has 2 aromatic rings. The third-order valence-corrected chi connectivity index (χ3v) is 3.38. The average molecular weight is 367 g/mol. The number of hydrogen-bond acceptors (Lipinski definition) is 3. The van der Waals surface area contributed by atoms with E-state index in [2.05, 4.69) is 26.2 Å². The number of nitrogens with zero attached hydrogens (tertiary/aromatic N) is 3. The summed E-state index contributed by atoms with van der Waals surface area (Å²) in [7, 11) is 0. The summed E-state index contributed by atoms with van der Waals surface area (Å²) in [6.45, 7) is 0. The Kier molecular flexibility index (Phi) is 3.90. The van der Waals surface area contributed by atoms with Gasteiger partial charge in [0.15, 0.2) is 11.7 Å². The summed E-state index contributed by atoms with van der Waals surface area (Å²) in [6.07, 6.45) is -3.32. The van der Waals surface area contributed by atoms with Gasteiger partial charge in [0.25, 0.3) is 0 Å². The molecule has 1 aromatic heterocycles. The normalized spacial score (nSPS) is 12.7. The van der Waals surface area contributed by atoms with Crippen LogP contribution in [-0.4, -0.2) is 20.8 Å². The minimum atomic E-state index is -4.57. The highest BCUT2D eigenvalue weighted by Crippen LogP contribution is 2.31. The second-order valence-electron chi connectivity index (χ2n) is 3.92. The van der Waals surface area contributed by atoms with Crippen LogP contribution in [0, 0.1) is 5.82 Å². The van der Waals surface area contributed by atoms with Crippen LogP contribution in [0.3, 0.4) is 0 Å². The third-order valence-electron chi connectivity index (χ3n) is 2.60. The lowest BCUT2D eigenvalue weighted by Gasteiger charge is -2.09. The van der Waals surface area contributed by atoms with E-state index in [1.807, 2.05) is 0 Å². The van der Waals surface area contributed by atoms with Crippen molar-refractivity contribution in [1.29, 1.82) is 0 Å². The van der Waals surface area contributed by atoms with Crippen molar-refractivity contribution in [2.24, 2.45) is 10.9 Å². The molecule has 0 bridgehead atoms. The molecular formula is C11H7BrF4N4O. The molecule has 0 amide bonds. The standard InChI is InChI=1S/C11H7BrF4N4O/c12-8-6(10(17)19-21)1-2-7(9(8)13)20-4-5(3-18-20)11(14,15)16/h1-4,21H,(H2,17,19). The van der Waals surface area contributed by atoms with Crippen molar-refractivity contribution in [2.75, 3.05) is 0 Å². The quantitative estimate of drug-likeness (QED) is 0.282. The van der Waals surface area contributed by atoms with E-state index in [1.165, 1.54) is 12.1 Å². The molecule has 1 aromatic carbocycles. The Balaban J connectivity index is 2.51. The molecule has 0 aliphatic heterocycles. The number of amidine groups is 1. The predicted octanol–water partition coefficient (Wildman–Crippen LogP) is 2.89. The van der Waals surface area contributed by atoms with Gasteiger partial charge in [-0.25, -0.2) is 9.07 Å². The minimum Gasteiger partial charge on any atom is -0.409 e. The maximum Gasteiger partial charge on any atom is 0.419 e. The van der Waals surface area contributed by atoms with Crippen molar-refractivity contribution in [1.82, 2.24) is 9.78 Å². The number of nitrogens with two attached hydrogens (primary N) is 1. The van der Waals surface area contributed by atoms with Crippen molar-refractivity contribution >= 4 is 21.8 Å². The first kappa shape index (κ1) is 15.3. The average Bonchev–Trinajstić information content (AvgIpc) is 2.90. The van der Waals surface area contributed by atoms with E-state index in [4.69, 9.17) is 10.9 Å². The molecule has 0 unspecified atom stereocenters. The first-order valence-electron chi connectivity index (χ1n) is 5.34. The molecule has 0 spiro atoms. The molecule has 5 nitrogen and oxygen atoms in total. The Morgan fingerprint density at radius 1 is 1.38 bits per heavy atom. The van der Waals surface area contributed by atoms with Crippen LogP contribution < -0.4 is 5.73 Å². The lowest BCUT2D eigenvalue weighted by Crippen LogP contribution is -2.15. The van der Waals surface area contributed by atoms with Crippen LogP contribution in [-0.2, 0) is 6.18 Å². The van der Waals surface area contributed by atoms with Gasteiger partial charge in [-0.05, 0) is 28.1 Å². The third kappa shape index (κ3) is 2.84. The summed E-state index contributed by atoms with van der Waals surface area (Å²) in [6, 6.07) is 2.45. The summed E-state index contributed by atoms with van der Waals surface area (Å²) in [5.41, 5.74) is 4.19. The number of oxime groups is 1. The first-order chi connectivity index (χ1) is 9.75. The van der Waals surface area contributed by atoms with Gasteiger partial charge in [-0.15, -0.1) is 0 Å². The zero-order valence-corrected chi connectivity index (χ0v) is 11.7. The summed E-state index contributed by atoms with van der Waals surface area (Å²) in [5.74, 6) is -1.24. The monoisotopic (exact) mass is 366 g/mol. The zero-order valence-electron chi connectivity index (χ0n) is 10.1. The Morgan fingerprint density at radius 2 is 2.05 bits per heavy atom. The van der Waals surface area contributed by atoms with Crippen LogP contribution >= 0.6 is 15.9 Å². The topological polar surface area (TPSA) is 76.4 Å². The van der Waals surface area contributed by atoms with E-state index >= 15 is 0 Å². The zero-order chi connectivity index (χ0) is 15.8. The van der Waals surface area contributed by atoms with Crippen molar-refractivity contribution in [3.63, 3.8) is 0 Å². The van der Waals surface area contributed by atoms with E-state index < -0.39 is 17.6 Å². The van der Waals surface area contributed by atoms with E-state index in [9.17, 15) is 17.6 Å². The maximum absolute atomic E-state index is 14.2. The number of hydrogen-bond donors (Lipinski definition) is 2. The molecule has 21 heavy (non-hydrogen) atoms. The van der Waals surface area contributed by atoms with E-state index in [0.717, 1.165) is 4.68 Å². The fourth-order valence-electron chi connectivity index (χ4n) is 1.57. The molecule has 112 valence electrons. The highest BCUT2D eigenvalue weighted by molar-refractivity contribution is 9.10. The fourth-order valence-corrected chi connectivity index (χ4v) is 2.11. The molecule has 0 aliphatic carbocycles. The Labute approximate surface area is 123 Å². The van der Waals surface area contributed by atoms with Crippen LogP contribution in [0.2, 0.25) is 0 Å². The number of halogens is 5. The first-order valence-corrected chi connectivity index (χ1v) is 6.13. The summed E-state index contributed by atoms with van der Waals surface area (Å²) in [5, 5.41) is 14.8. The molecule has 10 heteroatoms. The molecule has 1 heterocycles. The van der Waals surface area contributed by atoms with Crippen molar-refractivity contribution in [3.05, 3.63) is 45.9 Å². The summed E-state index contributed by atoms with van der Waals surface area (Å²) < 4.78 is 52.3. The van der Waals surface area contributed by atoms with E-state index in [0.29, 0.717) is 12.4 Å². The smallest absolute Gasteiger partial charge is 0.409 e. The van der Waals surface area contributed by atoms with Gasteiger partial charge in [-0.1, -0.05) is 5.16 Å². The maximum atomic E-state index is 14.2. The van der Waals surface area contributed by atoms with Crippen LogP contribution in [0.4, 0.5) is 17.6 Å². The lowest BCUT2D eigenvalue weighted by molar-refractivity contribution is -0.137. The molecule has 0 fully saturated rings. The number of rotatable bonds is 2. The van der Waals surface area contributed by atoms with Gasteiger partial charge in [0.05, 0.1) is 16.2 Å². The van der Waals surface area contributed by atoms with Gasteiger partial charge >= 0.3 is 6.18 Å². The molecule has 0 saturated heterocycles. The second kappa shape index (κ2) is 5.35. The predicted molar refractivity (Wildman–Crippen MR) is 68.7 cm³/mol. The molecule has 3 N–H and O–H groups in total. The highest BCUT2D eigenvalue weighted by Gasteiger charge is 2.32. The molecule has 0 saturated carbocycles. The van der Waals surface area contributed by atoms with Crippen LogP contribution in [0.5, 0.6) is 0 Å². The molecule has 2 rings (SSSR count). The van der Waals surface area contributed by atoms with Crippen molar-refractivity contribution in [3.8, 4) is 5.69 Å². The summed E-state index contributed by atoms with van der Waals surface area (Å²) in [4.78, 5) is 0. The molecule has 0 atom stereocenters.